The summed E-state index contributed by atoms with van der Waals surface area (Å²) in [5.74, 6) is 1.42. The zero-order valence-electron chi connectivity index (χ0n) is 12.5. The van der Waals surface area contributed by atoms with Crippen molar-refractivity contribution < 1.29 is 27.1 Å². The number of aryl methyl sites for hydroxylation is 1. The van der Waals surface area contributed by atoms with E-state index in [1.807, 2.05) is 19.1 Å². The molecule has 1 saturated heterocycles. The van der Waals surface area contributed by atoms with Gasteiger partial charge >= 0.3 is 6.18 Å². The van der Waals surface area contributed by atoms with Gasteiger partial charge in [0.1, 0.15) is 18.1 Å². The number of hydrogen-bond acceptors (Lipinski definition) is 3. The lowest BCUT2D eigenvalue weighted by atomic mass is 10.1. The summed E-state index contributed by atoms with van der Waals surface area (Å²) in [5.41, 5.74) is 0. The van der Waals surface area contributed by atoms with Gasteiger partial charge in [0, 0.05) is 13.0 Å². The molecule has 1 aromatic heterocycles. The van der Waals surface area contributed by atoms with Crippen LogP contribution in [0.1, 0.15) is 43.7 Å². The molecule has 0 N–H and O–H groups in total. The average Bonchev–Trinajstić information content (AvgIpc) is 3.09. The minimum absolute atomic E-state index is 0.0477. The smallest absolute Gasteiger partial charge is 0.411 e. The van der Waals surface area contributed by atoms with Crippen LogP contribution in [0.4, 0.5) is 13.2 Å². The molecular formula is C15H20F3NO3. The fourth-order valence-corrected chi connectivity index (χ4v) is 2.62. The van der Waals surface area contributed by atoms with Crippen molar-refractivity contribution in [3.63, 3.8) is 0 Å². The van der Waals surface area contributed by atoms with Gasteiger partial charge in [0.25, 0.3) is 0 Å². The van der Waals surface area contributed by atoms with Crippen molar-refractivity contribution in [1.29, 1.82) is 0 Å². The Labute approximate surface area is 127 Å². The molecule has 1 aliphatic heterocycles. The predicted molar refractivity (Wildman–Crippen MR) is 73.3 cm³/mol. The van der Waals surface area contributed by atoms with Crippen molar-refractivity contribution in [2.24, 2.45) is 0 Å². The van der Waals surface area contributed by atoms with E-state index in [0.717, 1.165) is 30.8 Å². The maximum atomic E-state index is 12.2. The van der Waals surface area contributed by atoms with Crippen LogP contribution in [0.3, 0.4) is 0 Å². The van der Waals surface area contributed by atoms with E-state index in [-0.39, 0.29) is 25.0 Å². The predicted octanol–water partition coefficient (Wildman–Crippen LogP) is 3.47. The molecule has 1 aliphatic rings. The molecule has 4 nitrogen and oxygen atoms in total. The number of alkyl halides is 3. The topological polar surface area (TPSA) is 42.7 Å². The first-order valence-corrected chi connectivity index (χ1v) is 7.43. The lowest BCUT2D eigenvalue weighted by Gasteiger charge is -2.23. The molecule has 0 spiro atoms. The summed E-state index contributed by atoms with van der Waals surface area (Å²) < 4.78 is 46.1. The molecule has 0 bridgehead atoms. The maximum Gasteiger partial charge on any atom is 0.411 e. The van der Waals surface area contributed by atoms with Crippen molar-refractivity contribution in [2.45, 2.75) is 44.8 Å². The second kappa shape index (κ2) is 7.17. The third-order valence-corrected chi connectivity index (χ3v) is 3.66. The summed E-state index contributed by atoms with van der Waals surface area (Å²) in [6.07, 6.45) is -1.95. The Hall–Kier alpha value is -1.50. The van der Waals surface area contributed by atoms with Gasteiger partial charge in [-0.2, -0.15) is 13.2 Å². The number of nitrogens with zero attached hydrogens (tertiary/aromatic N) is 1. The molecule has 7 heteroatoms. The Bertz CT molecular complexity index is 498. The van der Waals surface area contributed by atoms with E-state index in [1.54, 1.807) is 4.90 Å². The summed E-state index contributed by atoms with van der Waals surface area (Å²) in [6, 6.07) is 3.65. The third kappa shape index (κ3) is 4.50. The molecule has 2 heterocycles. The van der Waals surface area contributed by atoms with Gasteiger partial charge < -0.3 is 14.1 Å². The van der Waals surface area contributed by atoms with E-state index in [4.69, 9.17) is 4.42 Å². The van der Waals surface area contributed by atoms with Crippen LogP contribution in [0.25, 0.3) is 0 Å². The van der Waals surface area contributed by atoms with Crippen LogP contribution >= 0.6 is 0 Å². The molecule has 0 radical (unpaired) electrons. The second-order valence-corrected chi connectivity index (χ2v) is 5.32. The minimum Gasteiger partial charge on any atom is -0.464 e. The van der Waals surface area contributed by atoms with Gasteiger partial charge in [-0.25, -0.2) is 0 Å². The number of furan rings is 1. The summed E-state index contributed by atoms with van der Waals surface area (Å²) in [5, 5.41) is 0. The largest absolute Gasteiger partial charge is 0.464 e. The molecule has 0 saturated carbocycles. The molecule has 1 unspecified atom stereocenters. The Morgan fingerprint density at radius 2 is 2.23 bits per heavy atom. The van der Waals surface area contributed by atoms with Gasteiger partial charge in [-0.15, -0.1) is 0 Å². The molecule has 0 aliphatic carbocycles. The summed E-state index contributed by atoms with van der Waals surface area (Å²) in [4.78, 5) is 13.8. The van der Waals surface area contributed by atoms with Crippen LogP contribution in [0.2, 0.25) is 0 Å². The van der Waals surface area contributed by atoms with Crippen molar-refractivity contribution in [3.8, 4) is 0 Å². The monoisotopic (exact) mass is 319 g/mol. The SMILES string of the molecule is CCc1ccc(C2CCCN2C(=O)CCOCC(F)(F)F)o1. The fraction of sp³-hybridized carbons (Fsp3) is 0.667. The van der Waals surface area contributed by atoms with E-state index in [1.165, 1.54) is 0 Å². The number of halogens is 3. The van der Waals surface area contributed by atoms with Gasteiger partial charge in [-0.3, -0.25) is 4.79 Å². The lowest BCUT2D eigenvalue weighted by molar-refractivity contribution is -0.175. The molecular weight excluding hydrogens is 299 g/mol. The number of rotatable bonds is 6. The van der Waals surface area contributed by atoms with Gasteiger partial charge in [-0.05, 0) is 25.0 Å². The van der Waals surface area contributed by atoms with Crippen LogP contribution in [0.5, 0.6) is 0 Å². The first-order valence-electron chi connectivity index (χ1n) is 7.43. The normalized spacial score (nSPS) is 18.9. The third-order valence-electron chi connectivity index (χ3n) is 3.66. The Kier molecular flexibility index (Phi) is 5.50. The van der Waals surface area contributed by atoms with E-state index >= 15 is 0 Å². The van der Waals surface area contributed by atoms with Crippen LogP contribution in [-0.4, -0.2) is 36.7 Å². The molecule has 1 aromatic rings. The fourth-order valence-electron chi connectivity index (χ4n) is 2.62. The molecule has 22 heavy (non-hydrogen) atoms. The second-order valence-electron chi connectivity index (χ2n) is 5.32. The lowest BCUT2D eigenvalue weighted by Crippen LogP contribution is -2.31. The highest BCUT2D eigenvalue weighted by Crippen LogP contribution is 2.33. The molecule has 2 rings (SSSR count). The Balaban J connectivity index is 1.86. The zero-order valence-corrected chi connectivity index (χ0v) is 12.5. The van der Waals surface area contributed by atoms with Gasteiger partial charge in [0.15, 0.2) is 0 Å². The van der Waals surface area contributed by atoms with Crippen molar-refractivity contribution in [1.82, 2.24) is 4.90 Å². The number of carbonyl (C=O) groups excluding carboxylic acids is 1. The molecule has 1 fully saturated rings. The average molecular weight is 319 g/mol. The zero-order chi connectivity index (χ0) is 16.2. The quantitative estimate of drug-likeness (QED) is 0.754. The highest BCUT2D eigenvalue weighted by molar-refractivity contribution is 5.77. The van der Waals surface area contributed by atoms with Crippen molar-refractivity contribution >= 4 is 5.91 Å². The summed E-state index contributed by atoms with van der Waals surface area (Å²) >= 11 is 0. The van der Waals surface area contributed by atoms with Crippen LogP contribution in [0, 0.1) is 0 Å². The molecule has 1 atom stereocenters. The van der Waals surface area contributed by atoms with E-state index < -0.39 is 12.8 Å². The Morgan fingerprint density at radius 3 is 2.86 bits per heavy atom. The summed E-state index contributed by atoms with van der Waals surface area (Å²) in [6.45, 7) is 1.05. The first kappa shape index (κ1) is 16.9. The van der Waals surface area contributed by atoms with E-state index in [0.29, 0.717) is 6.54 Å². The summed E-state index contributed by atoms with van der Waals surface area (Å²) in [7, 11) is 0. The highest BCUT2D eigenvalue weighted by Gasteiger charge is 2.32. The van der Waals surface area contributed by atoms with Crippen molar-refractivity contribution in [3.05, 3.63) is 23.7 Å². The van der Waals surface area contributed by atoms with Crippen molar-refractivity contribution in [2.75, 3.05) is 19.8 Å². The van der Waals surface area contributed by atoms with Gasteiger partial charge in [0.2, 0.25) is 5.91 Å². The first-order chi connectivity index (χ1) is 10.4. The number of ether oxygens (including phenoxy) is 1. The van der Waals surface area contributed by atoms with Crippen LogP contribution in [-0.2, 0) is 16.0 Å². The number of likely N-dealkylation sites (tertiary alicyclic amines) is 1. The standard InChI is InChI=1S/C15H20F3NO3/c1-2-11-5-6-13(22-11)12-4-3-8-19(12)14(20)7-9-21-10-15(16,17)18/h5-6,12H,2-4,7-10H2,1H3. The van der Waals surface area contributed by atoms with Gasteiger partial charge in [0.05, 0.1) is 19.1 Å². The number of carbonyl (C=O) groups is 1. The number of amides is 1. The maximum absolute atomic E-state index is 12.2. The van der Waals surface area contributed by atoms with Crippen LogP contribution in [0.15, 0.2) is 16.5 Å². The molecule has 124 valence electrons. The Morgan fingerprint density at radius 1 is 1.45 bits per heavy atom. The van der Waals surface area contributed by atoms with E-state index in [2.05, 4.69) is 4.74 Å². The van der Waals surface area contributed by atoms with Gasteiger partial charge in [-0.1, -0.05) is 6.92 Å². The molecule has 0 aromatic carbocycles. The number of hydrogen-bond donors (Lipinski definition) is 0. The highest BCUT2D eigenvalue weighted by atomic mass is 19.4. The van der Waals surface area contributed by atoms with E-state index in [9.17, 15) is 18.0 Å². The molecule has 1 amide bonds. The minimum atomic E-state index is -4.36. The van der Waals surface area contributed by atoms with Crippen LogP contribution < -0.4 is 0 Å².